The molecule has 198 valence electrons. The fraction of sp³-hybridized carbons (Fsp3) is 0.333. The van der Waals surface area contributed by atoms with E-state index in [1.807, 2.05) is 6.07 Å². The molecule has 1 saturated carbocycles. The SMILES string of the molecule is CN1CCN(c2ccnc3nc(-c4[nH]nc5ncc(-c6cncc(NC(=O)C7CCC7)c6)c(F)c45)[nH]c23)CC1. The van der Waals surface area contributed by atoms with Crippen LogP contribution < -0.4 is 10.2 Å². The van der Waals surface area contributed by atoms with Crippen molar-refractivity contribution in [1.82, 2.24) is 40.0 Å². The fourth-order valence-electron chi connectivity index (χ4n) is 5.22. The molecule has 2 aliphatic rings. The first kappa shape index (κ1) is 23.7. The van der Waals surface area contributed by atoms with Crippen LogP contribution in [0.3, 0.4) is 0 Å². The van der Waals surface area contributed by atoms with E-state index in [9.17, 15) is 4.79 Å². The van der Waals surface area contributed by atoms with Crippen molar-refractivity contribution in [2.24, 2.45) is 5.92 Å². The van der Waals surface area contributed by atoms with Crippen LogP contribution in [0.15, 0.2) is 36.9 Å². The van der Waals surface area contributed by atoms with E-state index < -0.39 is 5.82 Å². The third-order valence-electron chi connectivity index (χ3n) is 7.76. The van der Waals surface area contributed by atoms with Gasteiger partial charge in [0.15, 0.2) is 17.1 Å². The van der Waals surface area contributed by atoms with Crippen LogP contribution in [0.25, 0.3) is 44.8 Å². The number of hydrogen-bond donors (Lipinski definition) is 3. The quantitative estimate of drug-likeness (QED) is 0.317. The van der Waals surface area contributed by atoms with Crippen LogP contribution in [0.2, 0.25) is 0 Å². The Kier molecular flexibility index (Phi) is 5.69. The van der Waals surface area contributed by atoms with Gasteiger partial charge in [0.2, 0.25) is 5.91 Å². The van der Waals surface area contributed by atoms with Crippen molar-refractivity contribution >= 4 is 39.5 Å². The zero-order valence-corrected chi connectivity index (χ0v) is 21.4. The lowest BCUT2D eigenvalue weighted by molar-refractivity contribution is -0.122. The highest BCUT2D eigenvalue weighted by molar-refractivity contribution is 5.96. The number of likely N-dealkylation sites (N-methyl/N-ethyl adjacent to an activating group) is 1. The molecule has 0 spiro atoms. The van der Waals surface area contributed by atoms with Crippen molar-refractivity contribution < 1.29 is 9.18 Å². The zero-order valence-electron chi connectivity index (χ0n) is 21.4. The van der Waals surface area contributed by atoms with Crippen molar-refractivity contribution in [2.75, 3.05) is 43.4 Å². The number of rotatable bonds is 5. The highest BCUT2D eigenvalue weighted by Crippen LogP contribution is 2.35. The highest BCUT2D eigenvalue weighted by atomic mass is 19.1. The Morgan fingerprint density at radius 3 is 2.74 bits per heavy atom. The van der Waals surface area contributed by atoms with Gasteiger partial charge in [-0.3, -0.25) is 14.9 Å². The summed E-state index contributed by atoms with van der Waals surface area (Å²) in [6.45, 7) is 3.73. The maximum atomic E-state index is 16.1. The number of imidazole rings is 1. The second-order valence-corrected chi connectivity index (χ2v) is 10.3. The number of aromatic amines is 2. The monoisotopic (exact) mass is 526 g/mol. The van der Waals surface area contributed by atoms with E-state index in [1.54, 1.807) is 24.7 Å². The Labute approximate surface area is 222 Å². The Morgan fingerprint density at radius 2 is 1.95 bits per heavy atom. The van der Waals surface area contributed by atoms with Crippen LogP contribution in [0.5, 0.6) is 0 Å². The predicted molar refractivity (Wildman–Crippen MR) is 146 cm³/mol. The van der Waals surface area contributed by atoms with Crippen LogP contribution in [-0.2, 0) is 4.79 Å². The minimum Gasteiger partial charge on any atom is -0.367 e. The number of anilines is 2. The second-order valence-electron chi connectivity index (χ2n) is 10.3. The molecule has 1 aliphatic carbocycles. The number of nitrogens with one attached hydrogen (secondary N) is 3. The molecule has 5 aromatic heterocycles. The third kappa shape index (κ3) is 4.16. The Bertz CT molecular complexity index is 1700. The summed E-state index contributed by atoms with van der Waals surface area (Å²) in [5.74, 6) is -0.0624. The summed E-state index contributed by atoms with van der Waals surface area (Å²) < 4.78 is 16.1. The maximum absolute atomic E-state index is 16.1. The standard InChI is InChI=1S/C27H27FN10O/c1-37-7-9-38(10-8-37)19-5-6-30-25-22(19)33-26(34-25)23-20-21(28)18(14-31-24(20)36-35-23)16-11-17(13-29-12-16)32-27(39)15-3-2-4-15/h5-6,11-15H,2-4,7-10H2,1H3,(H,32,39)(H,30,33,34)(H,31,35,36). The number of pyridine rings is 3. The summed E-state index contributed by atoms with van der Waals surface area (Å²) in [4.78, 5) is 38.1. The molecule has 11 nitrogen and oxygen atoms in total. The molecule has 0 unspecified atom stereocenters. The van der Waals surface area contributed by atoms with E-state index in [2.05, 4.69) is 57.3 Å². The lowest BCUT2D eigenvalue weighted by Crippen LogP contribution is -2.44. The molecule has 1 saturated heterocycles. The molecule has 5 aromatic rings. The van der Waals surface area contributed by atoms with E-state index >= 15 is 4.39 Å². The fourth-order valence-corrected chi connectivity index (χ4v) is 5.22. The molecule has 7 rings (SSSR count). The van der Waals surface area contributed by atoms with E-state index in [4.69, 9.17) is 0 Å². The topological polar surface area (TPSA) is 132 Å². The van der Waals surface area contributed by atoms with Crippen molar-refractivity contribution in [2.45, 2.75) is 19.3 Å². The van der Waals surface area contributed by atoms with Crippen molar-refractivity contribution in [3.8, 4) is 22.6 Å². The van der Waals surface area contributed by atoms with Crippen LogP contribution in [-0.4, -0.2) is 79.2 Å². The summed E-state index contributed by atoms with van der Waals surface area (Å²) in [7, 11) is 2.12. The number of carbonyl (C=O) groups excluding carboxylic acids is 1. The Hall–Kier alpha value is -4.45. The van der Waals surface area contributed by atoms with E-state index in [1.165, 1.54) is 6.20 Å². The number of hydrogen-bond acceptors (Lipinski definition) is 8. The number of amides is 1. The van der Waals surface area contributed by atoms with Gasteiger partial charge in [-0.15, -0.1) is 0 Å². The van der Waals surface area contributed by atoms with Gasteiger partial charge in [0.05, 0.1) is 23.0 Å². The highest BCUT2D eigenvalue weighted by Gasteiger charge is 2.26. The number of aromatic nitrogens is 7. The molecule has 0 atom stereocenters. The number of nitrogens with zero attached hydrogens (tertiary/aromatic N) is 7. The average molecular weight is 527 g/mol. The van der Waals surface area contributed by atoms with E-state index in [-0.39, 0.29) is 28.4 Å². The normalized spacial score (nSPS) is 16.6. The van der Waals surface area contributed by atoms with Gasteiger partial charge in [0.1, 0.15) is 17.0 Å². The van der Waals surface area contributed by atoms with Gasteiger partial charge >= 0.3 is 0 Å². The molecular formula is C27H27FN10O. The predicted octanol–water partition coefficient (Wildman–Crippen LogP) is 3.59. The van der Waals surface area contributed by atoms with Crippen molar-refractivity contribution in [3.63, 3.8) is 0 Å². The molecule has 1 aliphatic heterocycles. The third-order valence-corrected chi connectivity index (χ3v) is 7.76. The van der Waals surface area contributed by atoms with Gasteiger partial charge in [0, 0.05) is 61.8 Å². The second kappa shape index (κ2) is 9.38. The van der Waals surface area contributed by atoms with Gasteiger partial charge in [-0.2, -0.15) is 5.10 Å². The summed E-state index contributed by atoms with van der Waals surface area (Å²) in [5, 5.41) is 10.3. The number of H-pyrrole nitrogens is 2. The lowest BCUT2D eigenvalue weighted by Gasteiger charge is -2.34. The largest absolute Gasteiger partial charge is 0.367 e. The number of halogens is 1. The van der Waals surface area contributed by atoms with Crippen LogP contribution in [0.1, 0.15) is 19.3 Å². The Morgan fingerprint density at radius 1 is 1.10 bits per heavy atom. The number of piperazine rings is 1. The minimum atomic E-state index is -0.499. The van der Waals surface area contributed by atoms with Gasteiger partial charge in [-0.05, 0) is 32.0 Å². The summed E-state index contributed by atoms with van der Waals surface area (Å²) >= 11 is 0. The van der Waals surface area contributed by atoms with Gasteiger partial charge in [-0.1, -0.05) is 6.42 Å². The zero-order chi connectivity index (χ0) is 26.5. The Balaban J connectivity index is 1.26. The number of carbonyl (C=O) groups is 1. The molecule has 2 fully saturated rings. The van der Waals surface area contributed by atoms with Gasteiger partial charge < -0.3 is 20.1 Å². The molecule has 0 aromatic carbocycles. The van der Waals surface area contributed by atoms with Crippen LogP contribution in [0, 0.1) is 11.7 Å². The van der Waals surface area contributed by atoms with Crippen LogP contribution in [0.4, 0.5) is 15.8 Å². The summed E-state index contributed by atoms with van der Waals surface area (Å²) in [5.41, 5.74) is 4.27. The lowest BCUT2D eigenvalue weighted by atomic mass is 9.85. The molecule has 12 heteroatoms. The summed E-state index contributed by atoms with van der Waals surface area (Å²) in [6.07, 6.45) is 9.15. The molecule has 39 heavy (non-hydrogen) atoms. The average Bonchev–Trinajstić information content (AvgIpc) is 3.53. The van der Waals surface area contributed by atoms with Gasteiger partial charge in [0.25, 0.3) is 0 Å². The van der Waals surface area contributed by atoms with E-state index in [0.717, 1.165) is 56.6 Å². The first-order valence-electron chi connectivity index (χ1n) is 13.1. The minimum absolute atomic E-state index is 0.0270. The van der Waals surface area contributed by atoms with E-state index in [0.29, 0.717) is 28.4 Å². The van der Waals surface area contributed by atoms with Crippen molar-refractivity contribution in [3.05, 3.63) is 42.7 Å². The molecule has 1 amide bonds. The number of fused-ring (bicyclic) bond motifs is 2. The maximum Gasteiger partial charge on any atom is 0.227 e. The van der Waals surface area contributed by atoms with Crippen LogP contribution >= 0.6 is 0 Å². The summed E-state index contributed by atoms with van der Waals surface area (Å²) in [6, 6.07) is 3.69. The molecular weight excluding hydrogens is 499 g/mol. The molecule has 6 heterocycles. The first-order valence-corrected chi connectivity index (χ1v) is 13.1. The first-order chi connectivity index (χ1) is 19.0. The smallest absolute Gasteiger partial charge is 0.227 e. The molecule has 0 radical (unpaired) electrons. The molecule has 0 bridgehead atoms. The molecule has 3 N–H and O–H groups in total. The van der Waals surface area contributed by atoms with Gasteiger partial charge in [-0.25, -0.2) is 19.3 Å². The van der Waals surface area contributed by atoms with Crippen molar-refractivity contribution in [1.29, 1.82) is 0 Å².